The molecule has 19 heavy (non-hydrogen) atoms. The van der Waals surface area contributed by atoms with Gasteiger partial charge in [-0.05, 0) is 31.0 Å². The molecule has 0 radical (unpaired) electrons. The number of likely N-dealkylation sites (N-methyl/N-ethyl adjacent to an activating group) is 1. The van der Waals surface area contributed by atoms with Gasteiger partial charge in [-0.3, -0.25) is 9.59 Å². The SMILES string of the molecule is Cc1ccc(Br)cc1C(=O)NC1CCC(=O)N(C)C1. The Balaban J connectivity index is 2.05. The van der Waals surface area contributed by atoms with Gasteiger partial charge in [0.15, 0.2) is 0 Å². The predicted molar refractivity (Wildman–Crippen MR) is 77.0 cm³/mol. The molecule has 0 aromatic heterocycles. The minimum atomic E-state index is -0.0773. The summed E-state index contributed by atoms with van der Waals surface area (Å²) < 4.78 is 0.888. The van der Waals surface area contributed by atoms with Gasteiger partial charge in [0, 0.05) is 36.1 Å². The Hall–Kier alpha value is -1.36. The summed E-state index contributed by atoms with van der Waals surface area (Å²) in [5, 5.41) is 3.00. The number of halogens is 1. The van der Waals surface area contributed by atoms with Gasteiger partial charge in [0.25, 0.3) is 5.91 Å². The Bertz CT molecular complexity index is 516. The number of hydrogen-bond donors (Lipinski definition) is 1. The standard InChI is InChI=1S/C14H17BrN2O2/c1-9-3-4-10(15)7-12(9)14(19)16-11-5-6-13(18)17(2)8-11/h3-4,7,11H,5-6,8H2,1-2H3,(H,16,19). The number of carbonyl (C=O) groups excluding carboxylic acids is 2. The summed E-state index contributed by atoms with van der Waals surface area (Å²) in [6.07, 6.45) is 1.21. The van der Waals surface area contributed by atoms with Crippen molar-refractivity contribution in [1.29, 1.82) is 0 Å². The third-order valence-corrected chi connectivity index (χ3v) is 3.90. The third kappa shape index (κ3) is 3.35. The average Bonchev–Trinajstić information content (AvgIpc) is 2.36. The Morgan fingerprint density at radius 2 is 2.21 bits per heavy atom. The van der Waals surface area contributed by atoms with Gasteiger partial charge >= 0.3 is 0 Å². The van der Waals surface area contributed by atoms with Gasteiger partial charge in [-0.1, -0.05) is 22.0 Å². The molecule has 1 heterocycles. The molecule has 0 aliphatic carbocycles. The van der Waals surface area contributed by atoms with Crippen LogP contribution in [0.1, 0.15) is 28.8 Å². The average molecular weight is 325 g/mol. The molecule has 0 spiro atoms. The highest BCUT2D eigenvalue weighted by molar-refractivity contribution is 9.10. The van der Waals surface area contributed by atoms with Crippen LogP contribution in [0.5, 0.6) is 0 Å². The van der Waals surface area contributed by atoms with Crippen molar-refractivity contribution >= 4 is 27.7 Å². The molecule has 1 atom stereocenters. The monoisotopic (exact) mass is 324 g/mol. The molecule has 1 saturated heterocycles. The lowest BCUT2D eigenvalue weighted by Gasteiger charge is -2.30. The van der Waals surface area contributed by atoms with E-state index in [1.54, 1.807) is 11.9 Å². The molecule has 0 bridgehead atoms. The van der Waals surface area contributed by atoms with Gasteiger partial charge in [0.2, 0.25) is 5.91 Å². The van der Waals surface area contributed by atoms with Gasteiger partial charge in [0.05, 0.1) is 0 Å². The fourth-order valence-corrected chi connectivity index (χ4v) is 2.59. The zero-order chi connectivity index (χ0) is 14.0. The highest BCUT2D eigenvalue weighted by Gasteiger charge is 2.24. The van der Waals surface area contributed by atoms with Crippen LogP contribution in [0.4, 0.5) is 0 Å². The van der Waals surface area contributed by atoms with Gasteiger partial charge < -0.3 is 10.2 Å². The molecule has 1 N–H and O–H groups in total. The minimum absolute atomic E-state index is 0.0357. The van der Waals surface area contributed by atoms with Crippen LogP contribution in [0, 0.1) is 6.92 Å². The minimum Gasteiger partial charge on any atom is -0.348 e. The van der Waals surface area contributed by atoms with Gasteiger partial charge in [-0.15, -0.1) is 0 Å². The van der Waals surface area contributed by atoms with Gasteiger partial charge in [-0.25, -0.2) is 0 Å². The highest BCUT2D eigenvalue weighted by atomic mass is 79.9. The molecule has 1 unspecified atom stereocenters. The molecule has 1 fully saturated rings. The molecular formula is C14H17BrN2O2. The summed E-state index contributed by atoms with van der Waals surface area (Å²) >= 11 is 3.37. The second-order valence-electron chi connectivity index (χ2n) is 4.94. The van der Waals surface area contributed by atoms with E-state index >= 15 is 0 Å². The van der Waals surface area contributed by atoms with Crippen LogP contribution in [0.2, 0.25) is 0 Å². The van der Waals surface area contributed by atoms with E-state index in [1.807, 2.05) is 25.1 Å². The Morgan fingerprint density at radius 1 is 1.47 bits per heavy atom. The fraction of sp³-hybridized carbons (Fsp3) is 0.429. The van der Waals surface area contributed by atoms with E-state index in [9.17, 15) is 9.59 Å². The smallest absolute Gasteiger partial charge is 0.251 e. The van der Waals surface area contributed by atoms with E-state index in [0.717, 1.165) is 10.0 Å². The number of nitrogens with zero attached hydrogens (tertiary/aromatic N) is 1. The van der Waals surface area contributed by atoms with Crippen LogP contribution >= 0.6 is 15.9 Å². The molecule has 2 amide bonds. The summed E-state index contributed by atoms with van der Waals surface area (Å²) in [4.78, 5) is 25.3. The number of rotatable bonds is 2. The first kappa shape index (κ1) is 14.1. The van der Waals surface area contributed by atoms with Crippen molar-refractivity contribution in [1.82, 2.24) is 10.2 Å². The predicted octanol–water partition coefficient (Wildman–Crippen LogP) is 2.11. The van der Waals surface area contributed by atoms with Crippen molar-refractivity contribution in [2.75, 3.05) is 13.6 Å². The van der Waals surface area contributed by atoms with Gasteiger partial charge in [-0.2, -0.15) is 0 Å². The van der Waals surface area contributed by atoms with Crippen LogP contribution in [0.3, 0.4) is 0 Å². The van der Waals surface area contributed by atoms with Crippen LogP contribution in [-0.2, 0) is 4.79 Å². The first-order valence-corrected chi connectivity index (χ1v) is 7.07. The van der Waals surface area contributed by atoms with Crippen molar-refractivity contribution in [2.24, 2.45) is 0 Å². The maximum Gasteiger partial charge on any atom is 0.251 e. The molecule has 102 valence electrons. The van der Waals surface area contributed by atoms with E-state index in [-0.39, 0.29) is 17.9 Å². The summed E-state index contributed by atoms with van der Waals surface area (Å²) in [5.41, 5.74) is 1.62. The van der Waals surface area contributed by atoms with Crippen molar-refractivity contribution in [2.45, 2.75) is 25.8 Å². The van der Waals surface area contributed by atoms with E-state index in [4.69, 9.17) is 0 Å². The molecule has 2 rings (SSSR count). The molecule has 1 aromatic rings. The van der Waals surface area contributed by atoms with E-state index in [2.05, 4.69) is 21.2 Å². The van der Waals surface area contributed by atoms with Crippen LogP contribution in [0.15, 0.2) is 22.7 Å². The number of piperidine rings is 1. The number of hydrogen-bond acceptors (Lipinski definition) is 2. The quantitative estimate of drug-likeness (QED) is 0.905. The Labute approximate surface area is 121 Å². The Kier molecular flexibility index (Phi) is 4.24. The zero-order valence-electron chi connectivity index (χ0n) is 11.1. The number of amides is 2. The molecule has 5 heteroatoms. The highest BCUT2D eigenvalue weighted by Crippen LogP contribution is 2.17. The lowest BCUT2D eigenvalue weighted by molar-refractivity contribution is -0.132. The third-order valence-electron chi connectivity index (χ3n) is 3.41. The molecule has 1 aliphatic heterocycles. The van der Waals surface area contributed by atoms with Crippen molar-refractivity contribution < 1.29 is 9.59 Å². The molecule has 1 aromatic carbocycles. The van der Waals surface area contributed by atoms with E-state index in [1.165, 1.54) is 0 Å². The molecular weight excluding hydrogens is 308 g/mol. The number of benzene rings is 1. The number of likely N-dealkylation sites (tertiary alicyclic amines) is 1. The summed E-state index contributed by atoms with van der Waals surface area (Å²) in [7, 11) is 1.77. The second kappa shape index (κ2) is 5.74. The van der Waals surface area contributed by atoms with Crippen LogP contribution in [-0.4, -0.2) is 36.3 Å². The lowest BCUT2D eigenvalue weighted by Crippen LogP contribution is -2.48. The normalized spacial score (nSPS) is 19.4. The van der Waals surface area contributed by atoms with Crippen molar-refractivity contribution in [3.63, 3.8) is 0 Å². The first-order chi connectivity index (χ1) is 8.97. The van der Waals surface area contributed by atoms with Crippen LogP contribution in [0.25, 0.3) is 0 Å². The molecule has 4 nitrogen and oxygen atoms in total. The van der Waals surface area contributed by atoms with E-state index < -0.39 is 0 Å². The first-order valence-electron chi connectivity index (χ1n) is 6.28. The van der Waals surface area contributed by atoms with Crippen molar-refractivity contribution in [3.05, 3.63) is 33.8 Å². The molecule has 0 saturated carbocycles. The topological polar surface area (TPSA) is 49.4 Å². The lowest BCUT2D eigenvalue weighted by atomic mass is 10.0. The zero-order valence-corrected chi connectivity index (χ0v) is 12.7. The largest absolute Gasteiger partial charge is 0.348 e. The van der Waals surface area contributed by atoms with Gasteiger partial charge in [0.1, 0.15) is 0 Å². The number of carbonyl (C=O) groups is 2. The maximum absolute atomic E-state index is 12.2. The fourth-order valence-electron chi connectivity index (χ4n) is 2.23. The summed E-state index contributed by atoms with van der Waals surface area (Å²) in [5.74, 6) is 0.0654. The molecule has 1 aliphatic rings. The number of nitrogens with one attached hydrogen (secondary N) is 1. The second-order valence-corrected chi connectivity index (χ2v) is 5.86. The summed E-state index contributed by atoms with van der Waals surface area (Å²) in [6.45, 7) is 2.50. The van der Waals surface area contributed by atoms with E-state index in [0.29, 0.717) is 24.9 Å². The van der Waals surface area contributed by atoms with Crippen molar-refractivity contribution in [3.8, 4) is 0 Å². The summed E-state index contributed by atoms with van der Waals surface area (Å²) in [6, 6.07) is 5.69. The Morgan fingerprint density at radius 3 is 2.89 bits per heavy atom. The number of aryl methyl sites for hydroxylation is 1. The maximum atomic E-state index is 12.2. The van der Waals surface area contributed by atoms with Crippen LogP contribution < -0.4 is 5.32 Å².